The molecule has 1 fully saturated rings. The van der Waals surface area contributed by atoms with Crippen molar-refractivity contribution in [3.05, 3.63) is 30.5 Å². The third-order valence-electron chi connectivity index (χ3n) is 3.64. The quantitative estimate of drug-likeness (QED) is 0.514. The predicted molar refractivity (Wildman–Crippen MR) is 72.7 cm³/mol. The number of hydrogen-bond acceptors (Lipinski definition) is 6. The number of rotatable bonds is 3. The van der Waals surface area contributed by atoms with Gasteiger partial charge in [0.1, 0.15) is 30.2 Å². The third-order valence-corrected chi connectivity index (χ3v) is 3.64. The summed E-state index contributed by atoms with van der Waals surface area (Å²) in [6.07, 6.45) is -4.82. The molecule has 2 heterocycles. The van der Waals surface area contributed by atoms with Crippen LogP contribution in [0.25, 0.3) is 10.9 Å². The van der Waals surface area contributed by atoms with Gasteiger partial charge in [0.05, 0.1) is 6.61 Å². The van der Waals surface area contributed by atoms with Crippen LogP contribution in [-0.4, -0.2) is 62.7 Å². The SMILES string of the molecule is OCC1O[C@@H](Oc2c[nH]c3ccccc23)C(O)[C@@H](O)[C@@H]1O. The van der Waals surface area contributed by atoms with Crippen molar-refractivity contribution in [2.24, 2.45) is 0 Å². The lowest BCUT2D eigenvalue weighted by atomic mass is 9.99. The van der Waals surface area contributed by atoms with Crippen LogP contribution in [0.4, 0.5) is 0 Å². The number of aromatic nitrogens is 1. The smallest absolute Gasteiger partial charge is 0.229 e. The number of ether oxygens (including phenoxy) is 2. The standard InChI is InChI=1S/C14H17NO6/c16-6-10-11(17)12(18)13(19)14(21-10)20-9-5-15-8-4-2-1-3-7(8)9/h1-5,10-19H,6H2/t10?,11-,12+,13?,14-/m1/s1. The van der Waals surface area contributed by atoms with Crippen LogP contribution in [0.3, 0.4) is 0 Å². The number of fused-ring (bicyclic) bond motifs is 1. The van der Waals surface area contributed by atoms with E-state index >= 15 is 0 Å². The molecule has 1 aromatic heterocycles. The summed E-state index contributed by atoms with van der Waals surface area (Å²) in [4.78, 5) is 3.01. The fourth-order valence-corrected chi connectivity index (χ4v) is 2.43. The molecular formula is C14H17NO6. The van der Waals surface area contributed by atoms with Gasteiger partial charge in [-0.15, -0.1) is 0 Å². The Kier molecular flexibility index (Phi) is 3.83. The molecule has 3 rings (SSSR count). The van der Waals surface area contributed by atoms with E-state index in [-0.39, 0.29) is 0 Å². The molecule has 0 bridgehead atoms. The molecule has 1 aliphatic rings. The highest BCUT2D eigenvalue weighted by molar-refractivity contribution is 5.85. The van der Waals surface area contributed by atoms with Crippen molar-refractivity contribution in [2.45, 2.75) is 30.7 Å². The van der Waals surface area contributed by atoms with E-state index in [1.807, 2.05) is 24.3 Å². The van der Waals surface area contributed by atoms with E-state index in [9.17, 15) is 15.3 Å². The van der Waals surface area contributed by atoms with E-state index in [2.05, 4.69) is 4.98 Å². The molecule has 7 heteroatoms. The molecule has 5 atom stereocenters. The zero-order chi connectivity index (χ0) is 15.0. The van der Waals surface area contributed by atoms with Crippen LogP contribution < -0.4 is 4.74 Å². The summed E-state index contributed by atoms with van der Waals surface area (Å²) in [6, 6.07) is 7.42. The van der Waals surface area contributed by atoms with Crippen molar-refractivity contribution < 1.29 is 29.9 Å². The zero-order valence-corrected chi connectivity index (χ0v) is 11.1. The van der Waals surface area contributed by atoms with Gasteiger partial charge >= 0.3 is 0 Å². The number of aromatic amines is 1. The van der Waals surface area contributed by atoms with Crippen LogP contribution in [0.2, 0.25) is 0 Å². The van der Waals surface area contributed by atoms with Gasteiger partial charge in [-0.25, -0.2) is 0 Å². The molecule has 2 aromatic rings. The number of H-pyrrole nitrogens is 1. The molecule has 0 amide bonds. The van der Waals surface area contributed by atoms with Gasteiger partial charge in [0.2, 0.25) is 6.29 Å². The molecule has 0 aliphatic carbocycles. The number of benzene rings is 1. The maximum Gasteiger partial charge on any atom is 0.229 e. The second-order valence-electron chi connectivity index (χ2n) is 5.01. The third kappa shape index (κ3) is 2.50. The monoisotopic (exact) mass is 295 g/mol. The van der Waals surface area contributed by atoms with Gasteiger partial charge in [-0.2, -0.15) is 0 Å². The van der Waals surface area contributed by atoms with E-state index in [0.717, 1.165) is 10.9 Å². The molecule has 5 N–H and O–H groups in total. The van der Waals surface area contributed by atoms with Gasteiger partial charge < -0.3 is 34.9 Å². The van der Waals surface area contributed by atoms with Crippen molar-refractivity contribution in [3.8, 4) is 5.75 Å². The average molecular weight is 295 g/mol. The fourth-order valence-electron chi connectivity index (χ4n) is 2.43. The van der Waals surface area contributed by atoms with Crippen LogP contribution in [0.5, 0.6) is 5.75 Å². The molecular weight excluding hydrogens is 278 g/mol. The van der Waals surface area contributed by atoms with Gasteiger partial charge in [0.15, 0.2) is 0 Å². The minimum Gasteiger partial charge on any atom is -0.460 e. The van der Waals surface area contributed by atoms with Crippen molar-refractivity contribution in [1.29, 1.82) is 0 Å². The normalized spacial score (nSPS) is 33.2. The molecule has 114 valence electrons. The number of aliphatic hydroxyl groups excluding tert-OH is 4. The molecule has 1 saturated heterocycles. The van der Waals surface area contributed by atoms with Gasteiger partial charge in [-0.3, -0.25) is 0 Å². The number of para-hydroxylation sites is 1. The Labute approximate surface area is 120 Å². The van der Waals surface area contributed by atoms with E-state index in [0.29, 0.717) is 5.75 Å². The van der Waals surface area contributed by atoms with Crippen molar-refractivity contribution in [1.82, 2.24) is 4.98 Å². The zero-order valence-electron chi connectivity index (χ0n) is 11.1. The molecule has 7 nitrogen and oxygen atoms in total. The predicted octanol–water partition coefficient (Wildman–Crippen LogP) is -0.653. The van der Waals surface area contributed by atoms with E-state index in [4.69, 9.17) is 14.6 Å². The topological polar surface area (TPSA) is 115 Å². The minimum atomic E-state index is -1.45. The van der Waals surface area contributed by atoms with Crippen LogP contribution in [-0.2, 0) is 4.74 Å². The summed E-state index contributed by atoms with van der Waals surface area (Å²) in [5.74, 6) is 0.454. The van der Waals surface area contributed by atoms with Crippen molar-refractivity contribution in [3.63, 3.8) is 0 Å². The van der Waals surface area contributed by atoms with Crippen molar-refractivity contribution in [2.75, 3.05) is 6.61 Å². The summed E-state index contributed by atoms with van der Waals surface area (Å²) in [5.41, 5.74) is 0.858. The lowest BCUT2D eigenvalue weighted by Crippen LogP contribution is -2.60. The average Bonchev–Trinajstić information content (AvgIpc) is 2.91. The first kappa shape index (κ1) is 14.3. The highest BCUT2D eigenvalue weighted by Gasteiger charge is 2.44. The van der Waals surface area contributed by atoms with Gasteiger partial charge in [-0.05, 0) is 12.1 Å². The molecule has 2 unspecified atom stereocenters. The highest BCUT2D eigenvalue weighted by Crippen LogP contribution is 2.29. The van der Waals surface area contributed by atoms with Crippen LogP contribution in [0.15, 0.2) is 30.5 Å². The number of hydrogen-bond donors (Lipinski definition) is 5. The Morgan fingerprint density at radius 1 is 1.10 bits per heavy atom. The van der Waals surface area contributed by atoms with Crippen LogP contribution in [0, 0.1) is 0 Å². The fraction of sp³-hybridized carbons (Fsp3) is 0.429. The van der Waals surface area contributed by atoms with Gasteiger partial charge in [0, 0.05) is 17.1 Å². The molecule has 0 spiro atoms. The summed E-state index contributed by atoms with van der Waals surface area (Å²) in [5, 5.41) is 39.3. The maximum absolute atomic E-state index is 9.94. The minimum absolute atomic E-state index is 0.454. The number of nitrogens with one attached hydrogen (secondary N) is 1. The summed E-state index contributed by atoms with van der Waals surface area (Å²) < 4.78 is 10.9. The maximum atomic E-state index is 9.94. The van der Waals surface area contributed by atoms with Gasteiger partial charge in [-0.1, -0.05) is 12.1 Å². The first-order chi connectivity index (χ1) is 10.1. The lowest BCUT2D eigenvalue weighted by molar-refractivity contribution is -0.277. The van der Waals surface area contributed by atoms with Gasteiger partial charge in [0.25, 0.3) is 0 Å². The first-order valence-electron chi connectivity index (χ1n) is 6.65. The Bertz CT molecular complexity index is 612. The van der Waals surface area contributed by atoms with E-state index in [1.165, 1.54) is 0 Å². The first-order valence-corrected chi connectivity index (χ1v) is 6.65. The largest absolute Gasteiger partial charge is 0.460 e. The van der Waals surface area contributed by atoms with Crippen molar-refractivity contribution >= 4 is 10.9 Å². The summed E-state index contributed by atoms with van der Waals surface area (Å²) in [7, 11) is 0. The number of aliphatic hydroxyl groups is 4. The second kappa shape index (κ2) is 5.63. The Hall–Kier alpha value is -1.64. The lowest BCUT2D eigenvalue weighted by Gasteiger charge is -2.39. The molecule has 1 aromatic carbocycles. The molecule has 0 radical (unpaired) electrons. The van der Waals surface area contributed by atoms with E-state index < -0.39 is 37.3 Å². The second-order valence-corrected chi connectivity index (χ2v) is 5.01. The van der Waals surface area contributed by atoms with Crippen LogP contribution in [0.1, 0.15) is 0 Å². The van der Waals surface area contributed by atoms with Crippen LogP contribution >= 0.6 is 0 Å². The summed E-state index contributed by atoms with van der Waals surface area (Å²) in [6.45, 7) is -0.487. The van der Waals surface area contributed by atoms with E-state index in [1.54, 1.807) is 6.20 Å². The highest BCUT2D eigenvalue weighted by atomic mass is 16.7. The summed E-state index contributed by atoms with van der Waals surface area (Å²) >= 11 is 0. The molecule has 21 heavy (non-hydrogen) atoms. The Morgan fingerprint density at radius 2 is 1.86 bits per heavy atom. The Morgan fingerprint density at radius 3 is 2.62 bits per heavy atom. The molecule has 1 aliphatic heterocycles. The Balaban J connectivity index is 1.83. The molecule has 0 saturated carbocycles.